The van der Waals surface area contributed by atoms with E-state index in [2.05, 4.69) is 19.2 Å². The maximum absolute atomic E-state index is 9.85. The SMILES string of the molecule is CNCC(O)C1CC(C)CC(C)C1. The van der Waals surface area contributed by atoms with E-state index >= 15 is 0 Å². The van der Waals surface area contributed by atoms with E-state index in [1.165, 1.54) is 19.3 Å². The van der Waals surface area contributed by atoms with Gasteiger partial charge in [-0.15, -0.1) is 0 Å². The zero-order valence-electron chi connectivity index (χ0n) is 9.09. The lowest BCUT2D eigenvalue weighted by atomic mass is 9.74. The monoisotopic (exact) mass is 185 g/mol. The Labute approximate surface area is 81.7 Å². The summed E-state index contributed by atoms with van der Waals surface area (Å²) < 4.78 is 0. The summed E-state index contributed by atoms with van der Waals surface area (Å²) in [5.41, 5.74) is 0. The molecule has 1 aliphatic rings. The molecule has 78 valence electrons. The summed E-state index contributed by atoms with van der Waals surface area (Å²) in [4.78, 5) is 0. The first-order valence-corrected chi connectivity index (χ1v) is 5.46. The lowest BCUT2D eigenvalue weighted by Crippen LogP contribution is -2.35. The van der Waals surface area contributed by atoms with Crippen molar-refractivity contribution >= 4 is 0 Å². The van der Waals surface area contributed by atoms with Crippen LogP contribution in [0.3, 0.4) is 0 Å². The predicted molar refractivity (Wildman–Crippen MR) is 55.6 cm³/mol. The Balaban J connectivity index is 2.40. The quantitative estimate of drug-likeness (QED) is 0.700. The highest BCUT2D eigenvalue weighted by molar-refractivity contribution is 4.80. The van der Waals surface area contributed by atoms with Crippen LogP contribution in [0.4, 0.5) is 0 Å². The predicted octanol–water partition coefficient (Wildman–Crippen LogP) is 1.64. The van der Waals surface area contributed by atoms with Crippen LogP contribution < -0.4 is 5.32 Å². The lowest BCUT2D eigenvalue weighted by Gasteiger charge is -2.34. The highest BCUT2D eigenvalue weighted by Crippen LogP contribution is 2.34. The molecular weight excluding hydrogens is 162 g/mol. The van der Waals surface area contributed by atoms with Crippen molar-refractivity contribution in [2.75, 3.05) is 13.6 Å². The van der Waals surface area contributed by atoms with E-state index in [0.29, 0.717) is 5.92 Å². The van der Waals surface area contributed by atoms with Crippen LogP contribution in [0.15, 0.2) is 0 Å². The summed E-state index contributed by atoms with van der Waals surface area (Å²) in [6, 6.07) is 0. The van der Waals surface area contributed by atoms with Crippen molar-refractivity contribution in [2.45, 2.75) is 39.2 Å². The zero-order chi connectivity index (χ0) is 9.84. The fourth-order valence-electron chi connectivity index (χ4n) is 2.70. The molecule has 0 aliphatic heterocycles. The third kappa shape index (κ3) is 3.28. The van der Waals surface area contributed by atoms with Crippen LogP contribution >= 0.6 is 0 Å². The van der Waals surface area contributed by atoms with Crippen LogP contribution in [-0.2, 0) is 0 Å². The molecule has 2 N–H and O–H groups in total. The second kappa shape index (κ2) is 4.97. The van der Waals surface area contributed by atoms with Crippen molar-refractivity contribution in [1.82, 2.24) is 5.32 Å². The highest BCUT2D eigenvalue weighted by atomic mass is 16.3. The molecule has 0 radical (unpaired) electrons. The van der Waals surface area contributed by atoms with Gasteiger partial charge < -0.3 is 10.4 Å². The minimum absolute atomic E-state index is 0.143. The maximum Gasteiger partial charge on any atom is 0.0692 e. The molecule has 2 heteroatoms. The maximum atomic E-state index is 9.85. The number of hydrogen-bond donors (Lipinski definition) is 2. The summed E-state index contributed by atoms with van der Waals surface area (Å²) in [6.45, 7) is 5.34. The van der Waals surface area contributed by atoms with Crippen molar-refractivity contribution in [2.24, 2.45) is 17.8 Å². The molecule has 2 nitrogen and oxygen atoms in total. The molecule has 1 fully saturated rings. The molecule has 3 unspecified atom stereocenters. The third-order valence-electron chi connectivity index (χ3n) is 3.17. The summed E-state index contributed by atoms with van der Waals surface area (Å²) in [5, 5.41) is 12.9. The molecule has 3 atom stereocenters. The van der Waals surface area contributed by atoms with Crippen LogP contribution in [-0.4, -0.2) is 24.8 Å². The van der Waals surface area contributed by atoms with E-state index in [4.69, 9.17) is 0 Å². The summed E-state index contributed by atoms with van der Waals surface area (Å²) >= 11 is 0. The van der Waals surface area contributed by atoms with Crippen LogP contribution in [0.1, 0.15) is 33.1 Å². The van der Waals surface area contributed by atoms with Crippen LogP contribution in [0.25, 0.3) is 0 Å². The molecule has 0 aromatic carbocycles. The fraction of sp³-hybridized carbons (Fsp3) is 1.00. The van der Waals surface area contributed by atoms with Gasteiger partial charge >= 0.3 is 0 Å². The molecular formula is C11H23NO. The van der Waals surface area contributed by atoms with Gasteiger partial charge in [0, 0.05) is 6.54 Å². The van der Waals surface area contributed by atoms with Gasteiger partial charge in [0.05, 0.1) is 6.10 Å². The Morgan fingerprint density at radius 3 is 2.23 bits per heavy atom. The van der Waals surface area contributed by atoms with E-state index in [1.54, 1.807) is 0 Å². The Morgan fingerprint density at radius 2 is 1.77 bits per heavy atom. The molecule has 0 aromatic rings. The number of aliphatic hydroxyl groups excluding tert-OH is 1. The molecule has 1 aliphatic carbocycles. The molecule has 0 aromatic heterocycles. The van der Waals surface area contributed by atoms with Crippen LogP contribution in [0, 0.1) is 17.8 Å². The van der Waals surface area contributed by atoms with Crippen molar-refractivity contribution in [3.8, 4) is 0 Å². The van der Waals surface area contributed by atoms with Crippen molar-refractivity contribution < 1.29 is 5.11 Å². The minimum Gasteiger partial charge on any atom is -0.392 e. The Hall–Kier alpha value is -0.0800. The Morgan fingerprint density at radius 1 is 1.23 bits per heavy atom. The van der Waals surface area contributed by atoms with Crippen molar-refractivity contribution in [1.29, 1.82) is 0 Å². The summed E-state index contributed by atoms with van der Waals surface area (Å²) in [7, 11) is 1.90. The van der Waals surface area contributed by atoms with Gasteiger partial charge in [-0.25, -0.2) is 0 Å². The van der Waals surface area contributed by atoms with Gasteiger partial charge in [0.15, 0.2) is 0 Å². The summed E-state index contributed by atoms with van der Waals surface area (Å²) in [6.07, 6.45) is 3.60. The molecule has 0 spiro atoms. The lowest BCUT2D eigenvalue weighted by molar-refractivity contribution is 0.0571. The van der Waals surface area contributed by atoms with E-state index in [-0.39, 0.29) is 6.10 Å². The first kappa shape index (κ1) is 11.0. The normalized spacial score (nSPS) is 37.4. The second-order valence-corrected chi connectivity index (χ2v) is 4.80. The minimum atomic E-state index is -0.143. The average Bonchev–Trinajstić information content (AvgIpc) is 2.03. The van der Waals surface area contributed by atoms with E-state index in [1.807, 2.05) is 7.05 Å². The molecule has 1 rings (SSSR count). The topological polar surface area (TPSA) is 32.3 Å². The largest absolute Gasteiger partial charge is 0.392 e. The van der Waals surface area contributed by atoms with E-state index in [0.717, 1.165) is 18.4 Å². The molecule has 13 heavy (non-hydrogen) atoms. The van der Waals surface area contributed by atoms with Gasteiger partial charge in [-0.05, 0) is 44.1 Å². The van der Waals surface area contributed by atoms with Gasteiger partial charge in [0.2, 0.25) is 0 Å². The first-order valence-electron chi connectivity index (χ1n) is 5.46. The molecule has 0 bridgehead atoms. The second-order valence-electron chi connectivity index (χ2n) is 4.80. The fourth-order valence-corrected chi connectivity index (χ4v) is 2.70. The smallest absolute Gasteiger partial charge is 0.0692 e. The first-order chi connectivity index (χ1) is 6.13. The van der Waals surface area contributed by atoms with Gasteiger partial charge in [0.25, 0.3) is 0 Å². The van der Waals surface area contributed by atoms with Gasteiger partial charge in [-0.1, -0.05) is 13.8 Å². The van der Waals surface area contributed by atoms with Crippen LogP contribution in [0.2, 0.25) is 0 Å². The number of rotatable bonds is 3. The van der Waals surface area contributed by atoms with Gasteiger partial charge in [0.1, 0.15) is 0 Å². The third-order valence-corrected chi connectivity index (χ3v) is 3.17. The number of aliphatic hydroxyl groups is 1. The van der Waals surface area contributed by atoms with Gasteiger partial charge in [-0.3, -0.25) is 0 Å². The zero-order valence-corrected chi connectivity index (χ0v) is 9.09. The molecule has 0 amide bonds. The van der Waals surface area contributed by atoms with Gasteiger partial charge in [-0.2, -0.15) is 0 Å². The van der Waals surface area contributed by atoms with Crippen LogP contribution in [0.5, 0.6) is 0 Å². The summed E-state index contributed by atoms with van der Waals surface area (Å²) in [5.74, 6) is 2.10. The van der Waals surface area contributed by atoms with E-state index < -0.39 is 0 Å². The molecule has 1 saturated carbocycles. The molecule has 0 heterocycles. The Kier molecular flexibility index (Phi) is 4.20. The number of likely N-dealkylation sites (N-methyl/N-ethyl adjacent to an activating group) is 1. The number of hydrogen-bond acceptors (Lipinski definition) is 2. The Bertz CT molecular complexity index is 139. The standard InChI is InChI=1S/C11H23NO/c1-8-4-9(2)6-10(5-8)11(13)7-12-3/h8-13H,4-7H2,1-3H3. The molecule has 0 saturated heterocycles. The van der Waals surface area contributed by atoms with Crippen molar-refractivity contribution in [3.63, 3.8) is 0 Å². The van der Waals surface area contributed by atoms with Crippen molar-refractivity contribution in [3.05, 3.63) is 0 Å². The number of nitrogens with one attached hydrogen (secondary N) is 1. The average molecular weight is 185 g/mol. The highest BCUT2D eigenvalue weighted by Gasteiger charge is 2.28. The van der Waals surface area contributed by atoms with E-state index in [9.17, 15) is 5.11 Å².